The highest BCUT2D eigenvalue weighted by Gasteiger charge is 2.41. The minimum atomic E-state index is -1.01. The van der Waals surface area contributed by atoms with Crippen LogP contribution in [-0.2, 0) is 6.42 Å². The van der Waals surface area contributed by atoms with E-state index in [1.807, 2.05) is 17.5 Å². The van der Waals surface area contributed by atoms with Crippen LogP contribution >= 0.6 is 11.3 Å². The summed E-state index contributed by atoms with van der Waals surface area (Å²) in [6.07, 6.45) is 2.64. The number of carbonyl (C=O) groups excluding carboxylic acids is 1. The Morgan fingerprint density at radius 3 is 2.89 bits per heavy atom. The van der Waals surface area contributed by atoms with Gasteiger partial charge in [-0.3, -0.25) is 4.79 Å². The van der Waals surface area contributed by atoms with Gasteiger partial charge in [-0.25, -0.2) is 19.3 Å². The van der Waals surface area contributed by atoms with E-state index in [9.17, 15) is 19.4 Å². The maximum absolute atomic E-state index is 13.6. The van der Waals surface area contributed by atoms with Crippen LogP contribution < -0.4 is 11.1 Å². The number of ketones is 1. The zero-order valence-corrected chi connectivity index (χ0v) is 19.5. The predicted molar refractivity (Wildman–Crippen MR) is 132 cm³/mol. The van der Waals surface area contributed by atoms with Crippen LogP contribution in [0.3, 0.4) is 0 Å². The first-order valence-corrected chi connectivity index (χ1v) is 12.2. The molecule has 1 fully saturated rings. The fourth-order valence-corrected chi connectivity index (χ4v) is 5.24. The molecule has 35 heavy (non-hydrogen) atoms. The van der Waals surface area contributed by atoms with Gasteiger partial charge in [0.2, 0.25) is 0 Å². The van der Waals surface area contributed by atoms with E-state index in [0.717, 1.165) is 5.56 Å². The Morgan fingerprint density at radius 1 is 1.23 bits per heavy atom. The summed E-state index contributed by atoms with van der Waals surface area (Å²) in [6, 6.07) is 8.18. The zero-order chi connectivity index (χ0) is 24.5. The van der Waals surface area contributed by atoms with Crippen LogP contribution in [-0.4, -0.2) is 49.2 Å². The second kappa shape index (κ2) is 9.65. The highest BCUT2D eigenvalue weighted by molar-refractivity contribution is 7.08. The van der Waals surface area contributed by atoms with Crippen molar-refractivity contribution in [1.82, 2.24) is 15.0 Å². The summed E-state index contributed by atoms with van der Waals surface area (Å²) in [6.45, 7) is 0. The third-order valence-corrected chi connectivity index (χ3v) is 7.21. The monoisotopic (exact) mass is 493 g/mol. The van der Waals surface area contributed by atoms with Crippen LogP contribution in [0.15, 0.2) is 53.6 Å². The van der Waals surface area contributed by atoms with Crippen molar-refractivity contribution in [3.8, 4) is 0 Å². The maximum atomic E-state index is 13.6. The molecule has 180 valence electrons. The number of nitrogens with two attached hydrogens (primary N) is 1. The number of hydrogen-bond donors (Lipinski definition) is 4. The summed E-state index contributed by atoms with van der Waals surface area (Å²) in [5.41, 5.74) is 8.05. The van der Waals surface area contributed by atoms with Crippen LogP contribution in [0.25, 0.3) is 10.9 Å². The van der Waals surface area contributed by atoms with Crippen LogP contribution in [0, 0.1) is 11.7 Å². The topological polar surface area (TPSA) is 134 Å². The molecule has 3 aromatic heterocycles. The molecule has 1 aliphatic rings. The summed E-state index contributed by atoms with van der Waals surface area (Å²) in [5, 5.41) is 28.8. The number of anilines is 2. The van der Waals surface area contributed by atoms with Gasteiger partial charge in [0, 0.05) is 22.5 Å². The number of nitrogens with one attached hydrogen (secondary N) is 1. The highest BCUT2D eigenvalue weighted by atomic mass is 32.1. The van der Waals surface area contributed by atoms with E-state index in [1.165, 1.54) is 29.9 Å². The molecule has 10 heteroatoms. The smallest absolute Gasteiger partial charge is 0.199 e. The summed E-state index contributed by atoms with van der Waals surface area (Å²) in [7, 11) is 0. The molecule has 4 atom stereocenters. The van der Waals surface area contributed by atoms with Crippen LogP contribution in [0.2, 0.25) is 0 Å². The molecule has 5 rings (SSSR count). The van der Waals surface area contributed by atoms with Crippen molar-refractivity contribution < 1.29 is 19.4 Å². The molecule has 0 bridgehead atoms. The molecule has 1 aromatic carbocycles. The highest BCUT2D eigenvalue weighted by Crippen LogP contribution is 2.33. The van der Waals surface area contributed by atoms with Crippen LogP contribution in [0.5, 0.6) is 0 Å². The van der Waals surface area contributed by atoms with E-state index in [2.05, 4.69) is 20.3 Å². The van der Waals surface area contributed by atoms with Gasteiger partial charge in [0.25, 0.3) is 0 Å². The Morgan fingerprint density at radius 2 is 2.09 bits per heavy atom. The summed E-state index contributed by atoms with van der Waals surface area (Å²) in [5.74, 6) is -0.722. The Labute approximate surface area is 204 Å². The van der Waals surface area contributed by atoms with Gasteiger partial charge in [-0.05, 0) is 54.3 Å². The van der Waals surface area contributed by atoms with Gasteiger partial charge in [0.15, 0.2) is 17.4 Å². The van der Waals surface area contributed by atoms with E-state index < -0.39 is 24.1 Å². The molecule has 0 amide bonds. The van der Waals surface area contributed by atoms with Crippen molar-refractivity contribution in [2.75, 3.05) is 11.1 Å². The van der Waals surface area contributed by atoms with Gasteiger partial charge in [-0.2, -0.15) is 11.3 Å². The summed E-state index contributed by atoms with van der Waals surface area (Å²) in [4.78, 5) is 25.1. The number of nitrogens with zero attached hydrogens (tertiary/aromatic N) is 3. The number of aliphatic hydroxyl groups excluding tert-OH is 2. The minimum absolute atomic E-state index is 0.139. The lowest BCUT2D eigenvalue weighted by molar-refractivity contribution is 0.0158. The normalized spacial score (nSPS) is 21.9. The van der Waals surface area contributed by atoms with Crippen molar-refractivity contribution in [2.24, 2.45) is 5.92 Å². The third-order valence-electron chi connectivity index (χ3n) is 6.53. The molecule has 3 heterocycles. The van der Waals surface area contributed by atoms with Gasteiger partial charge in [0.1, 0.15) is 18.2 Å². The first-order valence-electron chi connectivity index (χ1n) is 11.2. The number of halogens is 1. The van der Waals surface area contributed by atoms with Gasteiger partial charge >= 0.3 is 0 Å². The lowest BCUT2D eigenvalue weighted by atomic mass is 9.95. The van der Waals surface area contributed by atoms with E-state index in [4.69, 9.17) is 5.73 Å². The van der Waals surface area contributed by atoms with E-state index >= 15 is 0 Å². The van der Waals surface area contributed by atoms with E-state index in [-0.39, 0.29) is 17.5 Å². The largest absolute Gasteiger partial charge is 0.390 e. The van der Waals surface area contributed by atoms with Gasteiger partial charge in [-0.15, -0.1) is 0 Å². The Bertz CT molecular complexity index is 1370. The number of pyridine rings is 1. The van der Waals surface area contributed by atoms with Gasteiger partial charge in [0.05, 0.1) is 23.2 Å². The lowest BCUT2D eigenvalue weighted by Gasteiger charge is -2.19. The number of aromatic nitrogens is 3. The standard InChI is InChI=1S/C25H24FN5O3S/c26-18-8-14-3-1-13(7-19(14)30-24(18)27)2-4-15-9-20(23(34)22(15)33)31-25-17(10-28-12-29-25)21(32)16-5-6-35-11-16/h1,3,5-8,10-12,15,20,22-23,33-34H,2,4,9H2,(H2,27,30)(H,28,29,31)/t15-,20+,22+,23-/m0/s1. The molecule has 0 saturated heterocycles. The number of fused-ring (bicyclic) bond motifs is 1. The first-order chi connectivity index (χ1) is 16.9. The fourth-order valence-electron chi connectivity index (χ4n) is 4.60. The number of aryl methyl sites for hydroxylation is 1. The second-order valence-corrected chi connectivity index (χ2v) is 9.56. The number of thiophene rings is 1. The van der Waals surface area contributed by atoms with Gasteiger partial charge in [-0.1, -0.05) is 12.1 Å². The van der Waals surface area contributed by atoms with Crippen molar-refractivity contribution in [2.45, 2.75) is 37.5 Å². The van der Waals surface area contributed by atoms with Gasteiger partial charge < -0.3 is 21.3 Å². The minimum Gasteiger partial charge on any atom is -0.390 e. The van der Waals surface area contributed by atoms with Crippen LogP contribution in [0.4, 0.5) is 16.0 Å². The molecule has 0 spiro atoms. The quantitative estimate of drug-likeness (QED) is 0.288. The van der Waals surface area contributed by atoms with Crippen molar-refractivity contribution in [3.05, 3.63) is 76.1 Å². The number of carbonyl (C=O) groups is 1. The average molecular weight is 494 g/mol. The first kappa shape index (κ1) is 23.3. The predicted octanol–water partition coefficient (Wildman–Crippen LogP) is 3.19. The van der Waals surface area contributed by atoms with Crippen molar-refractivity contribution in [3.63, 3.8) is 0 Å². The molecule has 0 unspecified atom stereocenters. The SMILES string of the molecule is Nc1nc2cc(CC[C@H]3C[C@@H](Nc4ncncc4C(=O)c4ccsc4)[C@H](O)[C@@H]3O)ccc2cc1F. The molecule has 0 radical (unpaired) electrons. The molecule has 0 aliphatic heterocycles. The summed E-state index contributed by atoms with van der Waals surface area (Å²) >= 11 is 1.43. The lowest BCUT2D eigenvalue weighted by Crippen LogP contribution is -2.35. The molecule has 1 aliphatic carbocycles. The molecular formula is C25H24FN5O3S. The van der Waals surface area contributed by atoms with Crippen molar-refractivity contribution in [1.29, 1.82) is 0 Å². The number of nitrogen functional groups attached to an aromatic ring is 1. The second-order valence-electron chi connectivity index (χ2n) is 8.78. The molecule has 1 saturated carbocycles. The average Bonchev–Trinajstić information content (AvgIpc) is 3.48. The molecule has 5 N–H and O–H groups in total. The van der Waals surface area contributed by atoms with E-state index in [1.54, 1.807) is 17.5 Å². The number of benzene rings is 1. The van der Waals surface area contributed by atoms with Crippen LogP contribution in [0.1, 0.15) is 34.3 Å². The summed E-state index contributed by atoms with van der Waals surface area (Å²) < 4.78 is 13.6. The zero-order valence-electron chi connectivity index (χ0n) is 18.6. The van der Waals surface area contributed by atoms with E-state index in [0.29, 0.717) is 47.1 Å². The Balaban J connectivity index is 1.27. The molecule has 8 nitrogen and oxygen atoms in total. The number of hydrogen-bond acceptors (Lipinski definition) is 9. The molecular weight excluding hydrogens is 469 g/mol. The number of rotatable bonds is 7. The van der Waals surface area contributed by atoms with Crippen molar-refractivity contribution >= 4 is 39.7 Å². The Kier molecular flexibility index (Phi) is 6.42. The molecule has 4 aromatic rings. The number of aliphatic hydroxyl groups is 2. The Hall–Kier alpha value is -3.47. The maximum Gasteiger partial charge on any atom is 0.199 e. The fraction of sp³-hybridized carbons (Fsp3) is 0.280. The third kappa shape index (κ3) is 4.72.